The van der Waals surface area contributed by atoms with Crippen LogP contribution >= 0.6 is 15.9 Å². The van der Waals surface area contributed by atoms with Crippen molar-refractivity contribution >= 4 is 39.2 Å². The molecule has 0 aromatic heterocycles. The summed E-state index contributed by atoms with van der Waals surface area (Å²) in [6.07, 6.45) is 0. The number of rotatable bonds is 8. The van der Waals surface area contributed by atoms with E-state index in [0.717, 1.165) is 20.5 Å². The number of urea groups is 1. The van der Waals surface area contributed by atoms with E-state index >= 15 is 4.39 Å². The molecule has 0 spiro atoms. The minimum Gasteiger partial charge on any atom is -0.351 e. The van der Waals surface area contributed by atoms with Crippen LogP contribution in [0.5, 0.6) is 0 Å². The molecule has 0 saturated carbocycles. The normalized spacial score (nSPS) is 11.7. The minimum atomic E-state index is -1.51. The van der Waals surface area contributed by atoms with Gasteiger partial charge in [0, 0.05) is 22.3 Å². The number of anilines is 2. The first kappa shape index (κ1) is 27.9. The summed E-state index contributed by atoms with van der Waals surface area (Å²) in [4.78, 5) is 29.2. The molecule has 0 radical (unpaired) electrons. The molecule has 1 unspecified atom stereocenters. The molecule has 3 amide bonds. The van der Waals surface area contributed by atoms with Gasteiger partial charge in [-0.2, -0.15) is 0 Å². The quantitative estimate of drug-likeness (QED) is 0.238. The van der Waals surface area contributed by atoms with E-state index in [-0.39, 0.29) is 16.9 Å². The second-order valence-electron chi connectivity index (χ2n) is 9.19. The first-order valence-electron chi connectivity index (χ1n) is 12.1. The third-order valence-electron chi connectivity index (χ3n) is 6.09. The van der Waals surface area contributed by atoms with Crippen LogP contribution in [0.1, 0.15) is 17.2 Å². The lowest BCUT2D eigenvalue weighted by molar-refractivity contribution is -0.117. The van der Waals surface area contributed by atoms with Gasteiger partial charge in [0.25, 0.3) is 5.91 Å². The number of benzene rings is 4. The summed E-state index contributed by atoms with van der Waals surface area (Å²) in [5.74, 6) is -2.22. The summed E-state index contributed by atoms with van der Waals surface area (Å²) in [6.45, 7) is 0.666. The zero-order valence-electron chi connectivity index (χ0n) is 21.4. The number of nitrogens with zero attached hydrogens (tertiary/aromatic N) is 2. The van der Waals surface area contributed by atoms with Crippen LogP contribution in [0.2, 0.25) is 0 Å². The van der Waals surface area contributed by atoms with Crippen molar-refractivity contribution in [3.8, 4) is 11.1 Å². The molecule has 1 atom stereocenters. The molecule has 39 heavy (non-hydrogen) atoms. The van der Waals surface area contributed by atoms with E-state index in [1.165, 1.54) is 30.3 Å². The number of carbonyl (C=O) groups is 2. The van der Waals surface area contributed by atoms with Crippen molar-refractivity contribution in [2.75, 3.05) is 24.3 Å². The molecular weight excluding hydrogens is 566 g/mol. The highest BCUT2D eigenvalue weighted by Crippen LogP contribution is 2.33. The van der Waals surface area contributed by atoms with Crippen LogP contribution < -0.4 is 16.0 Å². The summed E-state index contributed by atoms with van der Waals surface area (Å²) in [6, 6.07) is 21.7. The fourth-order valence-electron chi connectivity index (χ4n) is 4.37. The van der Waals surface area contributed by atoms with E-state index in [0.29, 0.717) is 12.1 Å². The van der Waals surface area contributed by atoms with Crippen LogP contribution in [0.15, 0.2) is 95.5 Å². The second-order valence-corrected chi connectivity index (χ2v) is 10.1. The maximum absolute atomic E-state index is 15.4. The molecule has 0 saturated heterocycles. The lowest BCUT2D eigenvalue weighted by Gasteiger charge is -2.30. The van der Waals surface area contributed by atoms with Crippen LogP contribution in [-0.2, 0) is 11.3 Å². The van der Waals surface area contributed by atoms with Crippen LogP contribution in [0.4, 0.5) is 25.0 Å². The highest BCUT2D eigenvalue weighted by molar-refractivity contribution is 9.10. The maximum Gasteiger partial charge on any atom is 0.320 e. The van der Waals surface area contributed by atoms with E-state index in [9.17, 15) is 14.0 Å². The Morgan fingerprint density at radius 3 is 2.21 bits per heavy atom. The molecule has 4 rings (SSSR count). The Morgan fingerprint density at radius 2 is 1.56 bits per heavy atom. The van der Waals surface area contributed by atoms with Gasteiger partial charge in [-0.15, -0.1) is 0 Å². The molecule has 9 heteroatoms. The van der Waals surface area contributed by atoms with E-state index < -0.39 is 29.6 Å². The van der Waals surface area contributed by atoms with Gasteiger partial charge in [-0.05, 0) is 73.3 Å². The monoisotopic (exact) mass is 592 g/mol. The first-order valence-corrected chi connectivity index (χ1v) is 12.9. The van der Waals surface area contributed by atoms with Crippen molar-refractivity contribution in [2.24, 2.45) is 5.73 Å². The highest BCUT2D eigenvalue weighted by atomic mass is 79.9. The predicted molar refractivity (Wildman–Crippen MR) is 153 cm³/mol. The fourth-order valence-corrected chi connectivity index (χ4v) is 4.63. The minimum absolute atomic E-state index is 0.0913. The number of carbonyl (C=O) groups excluding carboxylic acids is 2. The molecule has 0 aliphatic rings. The predicted octanol–water partition coefficient (Wildman–Crippen LogP) is 6.72. The molecule has 6 nitrogen and oxygen atoms in total. The molecule has 3 N–H and O–H groups in total. The molecular formula is C30H27BrF2N4O2. The van der Waals surface area contributed by atoms with Gasteiger partial charge in [-0.25, -0.2) is 13.6 Å². The SMILES string of the molecule is CN(C)Cc1ccccc1-c1ccc(NC(=O)C(c2ccccc2F)N(C(N)=O)c2ccc(Br)cc2)c(F)c1. The van der Waals surface area contributed by atoms with E-state index in [4.69, 9.17) is 5.73 Å². The number of halogens is 3. The molecule has 200 valence electrons. The Balaban J connectivity index is 1.71. The average molecular weight is 593 g/mol. The van der Waals surface area contributed by atoms with Crippen molar-refractivity contribution in [2.45, 2.75) is 12.6 Å². The number of hydrogen-bond donors (Lipinski definition) is 2. The van der Waals surface area contributed by atoms with Gasteiger partial charge in [-0.3, -0.25) is 9.69 Å². The highest BCUT2D eigenvalue weighted by Gasteiger charge is 2.34. The molecule has 0 fully saturated rings. The molecule has 0 aliphatic heterocycles. The summed E-state index contributed by atoms with van der Waals surface area (Å²) >= 11 is 3.33. The maximum atomic E-state index is 15.4. The van der Waals surface area contributed by atoms with Gasteiger partial charge in [0.1, 0.15) is 17.7 Å². The molecule has 4 aromatic carbocycles. The summed E-state index contributed by atoms with van der Waals surface area (Å²) in [5.41, 5.74) is 8.27. The Morgan fingerprint density at radius 1 is 0.897 bits per heavy atom. The Hall–Kier alpha value is -4.08. The lowest BCUT2D eigenvalue weighted by Crippen LogP contribution is -2.44. The van der Waals surface area contributed by atoms with Crippen LogP contribution in [0.25, 0.3) is 11.1 Å². The Labute approximate surface area is 234 Å². The summed E-state index contributed by atoms with van der Waals surface area (Å²) < 4.78 is 31.0. The van der Waals surface area contributed by atoms with Crippen molar-refractivity contribution in [1.82, 2.24) is 4.90 Å². The van der Waals surface area contributed by atoms with Gasteiger partial charge in [0.15, 0.2) is 0 Å². The van der Waals surface area contributed by atoms with Gasteiger partial charge in [-0.1, -0.05) is 64.5 Å². The van der Waals surface area contributed by atoms with Gasteiger partial charge >= 0.3 is 6.03 Å². The van der Waals surface area contributed by atoms with Crippen molar-refractivity contribution in [3.63, 3.8) is 0 Å². The van der Waals surface area contributed by atoms with E-state index in [2.05, 4.69) is 21.2 Å². The zero-order chi connectivity index (χ0) is 28.1. The van der Waals surface area contributed by atoms with E-state index in [1.807, 2.05) is 43.3 Å². The van der Waals surface area contributed by atoms with E-state index in [1.54, 1.807) is 36.4 Å². The molecule has 0 aliphatic carbocycles. The Kier molecular flexibility index (Phi) is 8.73. The fraction of sp³-hybridized carbons (Fsp3) is 0.133. The lowest BCUT2D eigenvalue weighted by atomic mass is 9.98. The van der Waals surface area contributed by atoms with Crippen molar-refractivity contribution in [1.29, 1.82) is 0 Å². The third kappa shape index (κ3) is 6.50. The zero-order valence-corrected chi connectivity index (χ0v) is 23.0. The Bertz CT molecular complexity index is 1490. The summed E-state index contributed by atoms with van der Waals surface area (Å²) in [5, 5.41) is 2.53. The number of nitrogens with one attached hydrogen (secondary N) is 1. The second kappa shape index (κ2) is 12.2. The largest absolute Gasteiger partial charge is 0.351 e. The number of primary amides is 1. The van der Waals surface area contributed by atoms with Crippen LogP contribution in [0, 0.1) is 11.6 Å². The van der Waals surface area contributed by atoms with Crippen LogP contribution in [-0.4, -0.2) is 30.9 Å². The third-order valence-corrected chi connectivity index (χ3v) is 6.62. The van der Waals surface area contributed by atoms with Crippen molar-refractivity contribution < 1.29 is 18.4 Å². The summed E-state index contributed by atoms with van der Waals surface area (Å²) in [7, 11) is 3.90. The molecule has 0 heterocycles. The van der Waals surface area contributed by atoms with Gasteiger partial charge in [0.2, 0.25) is 0 Å². The number of amides is 3. The smallest absolute Gasteiger partial charge is 0.320 e. The average Bonchev–Trinajstić information content (AvgIpc) is 2.89. The van der Waals surface area contributed by atoms with Gasteiger partial charge < -0.3 is 16.0 Å². The topological polar surface area (TPSA) is 78.7 Å². The van der Waals surface area contributed by atoms with Crippen molar-refractivity contribution in [3.05, 3.63) is 118 Å². The van der Waals surface area contributed by atoms with Gasteiger partial charge in [0.05, 0.1) is 5.69 Å². The molecule has 4 aromatic rings. The molecule has 0 bridgehead atoms. The standard InChI is InChI=1S/C30H27BrF2N4O2/c1-36(2)18-20-7-3-4-8-23(20)19-11-16-27(26(33)17-19)35-29(38)28(24-9-5-6-10-25(24)32)37(30(34)39)22-14-12-21(31)13-15-22/h3-17,28H,18H2,1-2H3,(H2,34,39)(H,35,38). The van der Waals surface area contributed by atoms with Crippen LogP contribution in [0.3, 0.4) is 0 Å². The number of nitrogens with two attached hydrogens (primary N) is 1. The number of hydrogen-bond acceptors (Lipinski definition) is 3. The first-order chi connectivity index (χ1) is 18.7.